The van der Waals surface area contributed by atoms with Crippen LogP contribution in [-0.4, -0.2) is 43.1 Å². The van der Waals surface area contributed by atoms with Crippen LogP contribution in [0.25, 0.3) is 0 Å². The van der Waals surface area contributed by atoms with Gasteiger partial charge in [-0.25, -0.2) is 12.8 Å². The van der Waals surface area contributed by atoms with Crippen LogP contribution in [-0.2, 0) is 14.8 Å². The number of anilines is 2. The Balaban J connectivity index is 2.27. The largest absolute Gasteiger partial charge is 0.299 e. The van der Waals surface area contributed by atoms with Gasteiger partial charge in [-0.3, -0.25) is 14.4 Å². The molecular formula is C13H15FN4O3S3. The number of nitrogens with one attached hydrogen (secondary N) is 1. The number of aromatic nitrogens is 2. The topological polar surface area (TPSA) is 92.3 Å². The molecular weight excluding hydrogens is 375 g/mol. The Morgan fingerprint density at radius 2 is 2.12 bits per heavy atom. The van der Waals surface area contributed by atoms with Gasteiger partial charge in [0.15, 0.2) is 4.34 Å². The van der Waals surface area contributed by atoms with Crippen molar-refractivity contribution in [2.24, 2.45) is 0 Å². The second kappa shape index (κ2) is 7.45. The van der Waals surface area contributed by atoms with Crippen LogP contribution >= 0.6 is 23.1 Å². The molecule has 1 N–H and O–H groups in total. The van der Waals surface area contributed by atoms with Gasteiger partial charge in [0, 0.05) is 0 Å². The van der Waals surface area contributed by atoms with E-state index in [9.17, 15) is 17.6 Å². The maximum absolute atomic E-state index is 13.4. The normalized spacial score (nSPS) is 12.7. The Labute approximate surface area is 147 Å². The lowest BCUT2D eigenvalue weighted by Gasteiger charge is -2.27. The fraction of sp³-hybridized carbons (Fsp3) is 0.308. The number of nitrogens with zero attached hydrogens (tertiary/aromatic N) is 3. The summed E-state index contributed by atoms with van der Waals surface area (Å²) in [5, 5.41) is 10.4. The summed E-state index contributed by atoms with van der Waals surface area (Å²) in [4.78, 5) is 12.4. The highest BCUT2D eigenvalue weighted by atomic mass is 32.2. The number of sulfonamides is 1. The zero-order valence-electron chi connectivity index (χ0n) is 13.1. The minimum Gasteiger partial charge on any atom is -0.299 e. The summed E-state index contributed by atoms with van der Waals surface area (Å²) in [6.07, 6.45) is 2.78. The van der Waals surface area contributed by atoms with Gasteiger partial charge < -0.3 is 0 Å². The van der Waals surface area contributed by atoms with E-state index in [1.165, 1.54) is 48.2 Å². The molecule has 7 nitrogen and oxygen atoms in total. The summed E-state index contributed by atoms with van der Waals surface area (Å²) in [5.74, 6) is -1.18. The van der Waals surface area contributed by atoms with Gasteiger partial charge in [0.2, 0.25) is 21.1 Å². The molecule has 0 aliphatic rings. The number of rotatable bonds is 6. The third-order valence-electron chi connectivity index (χ3n) is 2.96. The first-order valence-corrected chi connectivity index (χ1v) is 10.5. The Kier molecular flexibility index (Phi) is 5.78. The SMILES string of the molecule is CSc1nnc(NC(=O)[C@@H](C)N(c2cccc(F)c2)S(C)(=O)=O)s1. The lowest BCUT2D eigenvalue weighted by Crippen LogP contribution is -2.45. The van der Waals surface area contributed by atoms with E-state index in [2.05, 4.69) is 15.5 Å². The number of benzene rings is 1. The first-order valence-electron chi connectivity index (χ1n) is 6.65. The molecule has 0 aliphatic carbocycles. The summed E-state index contributed by atoms with van der Waals surface area (Å²) in [5.41, 5.74) is 0.0715. The molecule has 0 spiro atoms. The van der Waals surface area contributed by atoms with Crippen LogP contribution in [0, 0.1) is 5.82 Å². The molecule has 2 rings (SSSR count). The summed E-state index contributed by atoms with van der Waals surface area (Å²) in [6, 6.07) is 3.96. The first-order chi connectivity index (χ1) is 11.2. The average Bonchev–Trinajstić information content (AvgIpc) is 2.93. The molecule has 0 fully saturated rings. The summed E-state index contributed by atoms with van der Waals surface area (Å²) in [6.45, 7) is 1.41. The van der Waals surface area contributed by atoms with E-state index < -0.39 is 27.8 Å². The zero-order valence-corrected chi connectivity index (χ0v) is 15.5. The molecule has 24 heavy (non-hydrogen) atoms. The van der Waals surface area contributed by atoms with Crippen LogP contribution in [0.15, 0.2) is 28.6 Å². The molecule has 0 radical (unpaired) electrons. The van der Waals surface area contributed by atoms with Gasteiger partial charge in [-0.15, -0.1) is 10.2 Å². The molecule has 1 atom stereocenters. The van der Waals surface area contributed by atoms with Gasteiger partial charge in [0.05, 0.1) is 11.9 Å². The summed E-state index contributed by atoms with van der Waals surface area (Å²) in [7, 11) is -3.80. The lowest BCUT2D eigenvalue weighted by molar-refractivity contribution is -0.116. The van der Waals surface area contributed by atoms with Crippen molar-refractivity contribution in [2.75, 3.05) is 22.1 Å². The monoisotopic (exact) mass is 390 g/mol. The van der Waals surface area contributed by atoms with Crippen LogP contribution < -0.4 is 9.62 Å². The van der Waals surface area contributed by atoms with Gasteiger partial charge in [-0.05, 0) is 31.4 Å². The van der Waals surface area contributed by atoms with Gasteiger partial charge in [0.1, 0.15) is 11.9 Å². The van der Waals surface area contributed by atoms with Crippen LogP contribution in [0.4, 0.5) is 15.2 Å². The van der Waals surface area contributed by atoms with E-state index in [0.29, 0.717) is 4.34 Å². The third-order valence-corrected chi connectivity index (χ3v) is 6.02. The van der Waals surface area contributed by atoms with Crippen LogP contribution in [0.3, 0.4) is 0 Å². The molecule has 0 saturated heterocycles. The highest BCUT2D eigenvalue weighted by Crippen LogP contribution is 2.25. The van der Waals surface area contributed by atoms with E-state index in [1.54, 1.807) is 0 Å². The molecule has 0 saturated carbocycles. The average molecular weight is 390 g/mol. The molecule has 0 unspecified atom stereocenters. The molecule has 1 amide bonds. The molecule has 1 aromatic heterocycles. The van der Waals surface area contributed by atoms with Crippen molar-refractivity contribution in [3.8, 4) is 0 Å². The van der Waals surface area contributed by atoms with Crippen molar-refractivity contribution in [3.63, 3.8) is 0 Å². The van der Waals surface area contributed by atoms with Gasteiger partial charge in [-0.2, -0.15) is 0 Å². The second-order valence-corrected chi connectivity index (χ2v) is 8.67. The fourth-order valence-corrected chi connectivity index (χ4v) is 4.31. The molecule has 0 bridgehead atoms. The van der Waals surface area contributed by atoms with Crippen LogP contribution in [0.2, 0.25) is 0 Å². The van der Waals surface area contributed by atoms with E-state index in [1.807, 2.05) is 6.26 Å². The summed E-state index contributed by atoms with van der Waals surface area (Å²) < 4.78 is 39.1. The molecule has 130 valence electrons. The predicted molar refractivity (Wildman–Crippen MR) is 93.5 cm³/mol. The quantitative estimate of drug-likeness (QED) is 0.600. The predicted octanol–water partition coefficient (Wildman–Crippen LogP) is 2.19. The standard InChI is InChI=1S/C13H15FN4O3S3/c1-8(11(19)15-12-16-17-13(22-2)23-12)18(24(3,20)21)10-6-4-5-9(14)7-10/h4-8H,1-3H3,(H,15,16,19)/t8-/m1/s1. The zero-order chi connectivity index (χ0) is 17.9. The van der Waals surface area contributed by atoms with Crippen molar-refractivity contribution in [1.29, 1.82) is 0 Å². The minimum absolute atomic E-state index is 0.0715. The van der Waals surface area contributed by atoms with E-state index in [0.717, 1.165) is 16.6 Å². The summed E-state index contributed by atoms with van der Waals surface area (Å²) >= 11 is 2.56. The molecule has 11 heteroatoms. The maximum atomic E-state index is 13.4. The van der Waals surface area contributed by atoms with Crippen molar-refractivity contribution in [3.05, 3.63) is 30.1 Å². The Bertz CT molecular complexity index is 840. The van der Waals surface area contributed by atoms with Gasteiger partial charge in [0.25, 0.3) is 0 Å². The fourth-order valence-electron chi connectivity index (χ4n) is 1.97. The Hall–Kier alpha value is -1.72. The first kappa shape index (κ1) is 18.6. The third kappa shape index (κ3) is 4.42. The van der Waals surface area contributed by atoms with Crippen LogP contribution in [0.1, 0.15) is 6.92 Å². The lowest BCUT2D eigenvalue weighted by atomic mass is 10.2. The van der Waals surface area contributed by atoms with Gasteiger partial charge in [-0.1, -0.05) is 29.2 Å². The smallest absolute Gasteiger partial charge is 0.249 e. The maximum Gasteiger partial charge on any atom is 0.249 e. The van der Waals surface area contributed by atoms with Crippen LogP contribution in [0.5, 0.6) is 0 Å². The molecule has 1 heterocycles. The number of amides is 1. The van der Waals surface area contributed by atoms with Crippen molar-refractivity contribution in [1.82, 2.24) is 10.2 Å². The van der Waals surface area contributed by atoms with Gasteiger partial charge >= 0.3 is 0 Å². The van der Waals surface area contributed by atoms with Crippen molar-refractivity contribution >= 4 is 49.8 Å². The second-order valence-electron chi connectivity index (χ2n) is 4.78. The van der Waals surface area contributed by atoms with Crippen molar-refractivity contribution < 1.29 is 17.6 Å². The van der Waals surface area contributed by atoms with E-state index in [4.69, 9.17) is 0 Å². The minimum atomic E-state index is -3.80. The highest BCUT2D eigenvalue weighted by molar-refractivity contribution is 8.00. The number of thioether (sulfide) groups is 1. The van der Waals surface area contributed by atoms with E-state index in [-0.39, 0.29) is 10.8 Å². The molecule has 2 aromatic rings. The number of carbonyl (C=O) groups excluding carboxylic acids is 1. The number of hydrogen-bond acceptors (Lipinski definition) is 7. The number of hydrogen-bond donors (Lipinski definition) is 1. The molecule has 0 aliphatic heterocycles. The Morgan fingerprint density at radius 1 is 1.42 bits per heavy atom. The Morgan fingerprint density at radius 3 is 2.67 bits per heavy atom. The highest BCUT2D eigenvalue weighted by Gasteiger charge is 2.30. The van der Waals surface area contributed by atoms with Crippen molar-refractivity contribution in [2.45, 2.75) is 17.3 Å². The molecule has 1 aromatic carbocycles. The number of halogens is 1. The van der Waals surface area contributed by atoms with E-state index >= 15 is 0 Å². The number of carbonyl (C=O) groups is 1.